The number of nitriles is 3. The van der Waals surface area contributed by atoms with Crippen molar-refractivity contribution in [1.82, 2.24) is 4.90 Å². The fourth-order valence-corrected chi connectivity index (χ4v) is 2.40. The van der Waals surface area contributed by atoms with Gasteiger partial charge in [-0.2, -0.15) is 15.8 Å². The molecular weight excluding hydrogens is 320 g/mol. The molecule has 0 bridgehead atoms. The number of rotatable bonds is 16. The van der Waals surface area contributed by atoms with E-state index < -0.39 is 5.41 Å². The maximum Gasteiger partial charge on any atom is 0.0645 e. The summed E-state index contributed by atoms with van der Waals surface area (Å²) >= 11 is 0. The van der Waals surface area contributed by atoms with Crippen LogP contribution in [-0.4, -0.2) is 64.7 Å². The van der Waals surface area contributed by atoms with Crippen LogP contribution in [-0.2, 0) is 14.2 Å². The third kappa shape index (κ3) is 12.3. The molecule has 7 heteroatoms. The zero-order chi connectivity index (χ0) is 18.8. The minimum absolute atomic E-state index is 0.339. The van der Waals surface area contributed by atoms with Gasteiger partial charge in [0.2, 0.25) is 0 Å². The Bertz CT molecular complexity index is 429. The van der Waals surface area contributed by atoms with E-state index in [0.29, 0.717) is 72.0 Å². The van der Waals surface area contributed by atoms with Gasteiger partial charge in [-0.25, -0.2) is 0 Å². The highest BCUT2D eigenvalue weighted by Gasteiger charge is 2.33. The van der Waals surface area contributed by atoms with Crippen molar-refractivity contribution in [2.24, 2.45) is 5.41 Å². The first-order chi connectivity index (χ1) is 12.1. The summed E-state index contributed by atoms with van der Waals surface area (Å²) in [4.78, 5) is 2.07. The van der Waals surface area contributed by atoms with Gasteiger partial charge in [0.05, 0.1) is 69.5 Å². The number of ether oxygens (including phenoxy) is 3. The summed E-state index contributed by atoms with van der Waals surface area (Å²) in [7, 11) is 1.95. The van der Waals surface area contributed by atoms with Gasteiger partial charge >= 0.3 is 0 Å². The molecule has 0 unspecified atom stereocenters. The molecule has 7 nitrogen and oxygen atoms in total. The molecule has 25 heavy (non-hydrogen) atoms. The topological polar surface area (TPSA) is 102 Å². The second-order valence-corrected chi connectivity index (χ2v) is 6.12. The van der Waals surface area contributed by atoms with Gasteiger partial charge in [0, 0.05) is 26.1 Å². The molecule has 0 spiro atoms. The number of hydrogen-bond acceptors (Lipinski definition) is 7. The molecule has 0 saturated carbocycles. The Morgan fingerprint density at radius 2 is 1.28 bits per heavy atom. The van der Waals surface area contributed by atoms with Crippen molar-refractivity contribution in [2.75, 3.05) is 59.8 Å². The van der Waals surface area contributed by atoms with Crippen LogP contribution in [0.2, 0.25) is 0 Å². The highest BCUT2D eigenvalue weighted by atomic mass is 16.5. The summed E-state index contributed by atoms with van der Waals surface area (Å²) < 4.78 is 17.2. The third-order valence-electron chi connectivity index (χ3n) is 3.50. The normalized spacial score (nSPS) is 11.0. The molecule has 0 aliphatic heterocycles. The van der Waals surface area contributed by atoms with E-state index in [1.54, 1.807) is 0 Å². The molecule has 0 N–H and O–H groups in total. The van der Waals surface area contributed by atoms with E-state index in [1.165, 1.54) is 0 Å². The van der Waals surface area contributed by atoms with E-state index in [-0.39, 0.29) is 0 Å². The zero-order valence-electron chi connectivity index (χ0n) is 15.5. The highest BCUT2D eigenvalue weighted by Crippen LogP contribution is 2.22. The third-order valence-corrected chi connectivity index (χ3v) is 3.50. The van der Waals surface area contributed by atoms with Crippen LogP contribution in [0.3, 0.4) is 0 Å². The fraction of sp³-hybridized carbons (Fsp3) is 0.833. The van der Waals surface area contributed by atoms with Gasteiger partial charge in [0.15, 0.2) is 0 Å². The van der Waals surface area contributed by atoms with Gasteiger partial charge in [-0.15, -0.1) is 0 Å². The van der Waals surface area contributed by atoms with Crippen molar-refractivity contribution < 1.29 is 14.2 Å². The molecule has 0 aromatic rings. The van der Waals surface area contributed by atoms with Gasteiger partial charge in [0.25, 0.3) is 0 Å². The average Bonchev–Trinajstić information content (AvgIpc) is 2.61. The van der Waals surface area contributed by atoms with Crippen LogP contribution in [0.25, 0.3) is 0 Å². The predicted molar refractivity (Wildman–Crippen MR) is 93.4 cm³/mol. The fourth-order valence-electron chi connectivity index (χ4n) is 2.40. The van der Waals surface area contributed by atoms with Crippen molar-refractivity contribution in [3.63, 3.8) is 0 Å². The molecule has 0 aliphatic carbocycles. The van der Waals surface area contributed by atoms with Gasteiger partial charge in [-0.3, -0.25) is 0 Å². The molecule has 0 aliphatic rings. The van der Waals surface area contributed by atoms with Crippen LogP contribution in [0.4, 0.5) is 0 Å². The van der Waals surface area contributed by atoms with Crippen molar-refractivity contribution in [1.29, 1.82) is 15.8 Å². The number of hydrogen-bond donors (Lipinski definition) is 0. The lowest BCUT2D eigenvalue weighted by atomic mass is 9.90. The summed E-state index contributed by atoms with van der Waals surface area (Å²) in [6.45, 7) is 6.02. The maximum atomic E-state index is 8.78. The minimum atomic E-state index is -0.399. The average molecular weight is 350 g/mol. The summed E-state index contributed by atoms with van der Waals surface area (Å²) in [6.07, 6.45) is 2.05. The molecular formula is C18H30N4O3. The SMILES string of the molecule is CCCOCC(COCCC#N)(COCCC#N)CN(C)CCC#N. The van der Waals surface area contributed by atoms with Crippen LogP contribution in [0, 0.1) is 39.4 Å². The smallest absolute Gasteiger partial charge is 0.0645 e. The summed E-state index contributed by atoms with van der Waals surface area (Å²) in [5.41, 5.74) is -0.399. The first kappa shape index (κ1) is 23.3. The molecule has 0 fully saturated rings. The van der Waals surface area contributed by atoms with E-state index >= 15 is 0 Å². The molecule has 0 rings (SSSR count). The number of nitrogens with zero attached hydrogens (tertiary/aromatic N) is 4. The Kier molecular flexibility index (Phi) is 14.7. The molecule has 0 aromatic heterocycles. The maximum absolute atomic E-state index is 8.78. The van der Waals surface area contributed by atoms with Crippen LogP contribution >= 0.6 is 0 Å². The molecule has 140 valence electrons. The van der Waals surface area contributed by atoms with Crippen molar-refractivity contribution in [2.45, 2.75) is 32.6 Å². The largest absolute Gasteiger partial charge is 0.381 e. The van der Waals surface area contributed by atoms with Crippen LogP contribution < -0.4 is 0 Å². The second-order valence-electron chi connectivity index (χ2n) is 6.12. The van der Waals surface area contributed by atoms with Crippen molar-refractivity contribution >= 4 is 0 Å². The van der Waals surface area contributed by atoms with Gasteiger partial charge < -0.3 is 19.1 Å². The standard InChI is InChI=1S/C18H30N4O3/c1-3-11-23-15-18(16-24-12-5-8-20,17-25-13-6-9-21)14-22(2)10-4-7-19/h3-6,10-17H2,1-2H3. The van der Waals surface area contributed by atoms with Crippen LogP contribution in [0.15, 0.2) is 0 Å². The predicted octanol–water partition coefficient (Wildman–Crippen LogP) is 2.11. The van der Waals surface area contributed by atoms with Crippen LogP contribution in [0.5, 0.6) is 0 Å². The summed E-state index contributed by atoms with van der Waals surface area (Å²) in [6, 6.07) is 6.28. The second kappa shape index (κ2) is 15.8. The zero-order valence-corrected chi connectivity index (χ0v) is 15.5. The highest BCUT2D eigenvalue weighted by molar-refractivity contribution is 4.84. The van der Waals surface area contributed by atoms with Crippen molar-refractivity contribution in [3.05, 3.63) is 0 Å². The summed E-state index contributed by atoms with van der Waals surface area (Å²) in [5, 5.41) is 26.1. The van der Waals surface area contributed by atoms with Gasteiger partial charge in [0.1, 0.15) is 0 Å². The quantitative estimate of drug-likeness (QED) is 0.393. The van der Waals surface area contributed by atoms with Crippen LogP contribution in [0.1, 0.15) is 32.6 Å². The Morgan fingerprint density at radius 3 is 1.72 bits per heavy atom. The summed E-state index contributed by atoms with van der Waals surface area (Å²) in [5.74, 6) is 0. The van der Waals surface area contributed by atoms with E-state index in [1.807, 2.05) is 14.0 Å². The van der Waals surface area contributed by atoms with Crippen molar-refractivity contribution in [3.8, 4) is 18.2 Å². The van der Waals surface area contributed by atoms with Gasteiger partial charge in [-0.05, 0) is 13.5 Å². The Labute approximate surface area is 151 Å². The Balaban J connectivity index is 4.91. The van der Waals surface area contributed by atoms with E-state index in [9.17, 15) is 0 Å². The molecule has 0 aromatic carbocycles. The lowest BCUT2D eigenvalue weighted by Crippen LogP contribution is -2.46. The molecule has 0 amide bonds. The first-order valence-electron chi connectivity index (χ1n) is 8.66. The monoisotopic (exact) mass is 350 g/mol. The van der Waals surface area contributed by atoms with E-state index in [0.717, 1.165) is 6.42 Å². The Hall–Kier alpha value is -1.69. The van der Waals surface area contributed by atoms with E-state index in [4.69, 9.17) is 30.0 Å². The Morgan fingerprint density at radius 1 is 0.800 bits per heavy atom. The minimum Gasteiger partial charge on any atom is -0.381 e. The van der Waals surface area contributed by atoms with E-state index in [2.05, 4.69) is 23.1 Å². The molecule has 0 radical (unpaired) electrons. The van der Waals surface area contributed by atoms with Gasteiger partial charge in [-0.1, -0.05) is 6.92 Å². The lowest BCUT2D eigenvalue weighted by molar-refractivity contribution is -0.0795. The molecule has 0 saturated heterocycles. The molecule has 0 heterocycles. The molecule has 0 atom stereocenters. The first-order valence-corrected chi connectivity index (χ1v) is 8.66. The lowest BCUT2D eigenvalue weighted by Gasteiger charge is -2.36.